The number of amides is 4. The van der Waals surface area contributed by atoms with Gasteiger partial charge in [-0.05, 0) is 57.6 Å². The minimum atomic E-state index is -0.687. The molecule has 1 aliphatic heterocycles. The minimum absolute atomic E-state index is 0.0449. The standard InChI is InChI=1S/C36H42N10O5S/c1-19(2)30-34-44-31(23(6)51-34)33(50)39-21(4)35-42-27(17-52-35)32(49)41-25(14-24-10-8-7-9-11-24)15-45(16-28(47)43-30)29(48)13-12-26-20(3)40-36-37-18-38-46(36)22(26)5/h7-11,17-19,21,25,30H,12-16H2,1-6H3,(H,39,50)(H,41,49)(H,43,47)/t21-,25-,30+/m1/s1. The molecule has 5 aromatic rings. The highest BCUT2D eigenvalue weighted by Gasteiger charge is 2.31. The van der Waals surface area contributed by atoms with Gasteiger partial charge in [-0.3, -0.25) is 19.2 Å². The molecule has 0 spiro atoms. The van der Waals surface area contributed by atoms with E-state index in [2.05, 4.69) is 41.0 Å². The van der Waals surface area contributed by atoms with E-state index < -0.39 is 35.8 Å². The maximum absolute atomic E-state index is 14.2. The molecule has 4 aromatic heterocycles. The Balaban J connectivity index is 1.35. The Labute approximate surface area is 304 Å². The molecule has 52 heavy (non-hydrogen) atoms. The van der Waals surface area contributed by atoms with Crippen LogP contribution in [0.15, 0.2) is 46.5 Å². The van der Waals surface area contributed by atoms with E-state index in [0.717, 1.165) is 22.5 Å². The van der Waals surface area contributed by atoms with Gasteiger partial charge in [0, 0.05) is 29.7 Å². The summed E-state index contributed by atoms with van der Waals surface area (Å²) >= 11 is 1.25. The highest BCUT2D eigenvalue weighted by molar-refractivity contribution is 7.09. The van der Waals surface area contributed by atoms with Gasteiger partial charge in [0.05, 0.1) is 18.6 Å². The molecule has 3 atom stereocenters. The van der Waals surface area contributed by atoms with Gasteiger partial charge in [-0.25, -0.2) is 19.5 Å². The van der Waals surface area contributed by atoms with Crippen molar-refractivity contribution in [2.24, 2.45) is 5.92 Å². The predicted molar refractivity (Wildman–Crippen MR) is 192 cm³/mol. The molecule has 16 heteroatoms. The summed E-state index contributed by atoms with van der Waals surface area (Å²) in [6.45, 7) is 10.7. The van der Waals surface area contributed by atoms with Crippen LogP contribution >= 0.6 is 11.3 Å². The fraction of sp³-hybridized carbons (Fsp3) is 0.417. The number of thiazole rings is 1. The first-order valence-corrected chi connectivity index (χ1v) is 18.1. The summed E-state index contributed by atoms with van der Waals surface area (Å²) in [6, 6.07) is 7.81. The molecule has 0 aliphatic carbocycles. The van der Waals surface area contributed by atoms with Crippen molar-refractivity contribution in [1.82, 2.24) is 50.4 Å². The van der Waals surface area contributed by atoms with Gasteiger partial charge in [0.15, 0.2) is 5.69 Å². The van der Waals surface area contributed by atoms with Crippen LogP contribution in [-0.4, -0.2) is 77.2 Å². The number of aryl methyl sites for hydroxylation is 3. The number of oxazole rings is 1. The first kappa shape index (κ1) is 36.3. The molecule has 272 valence electrons. The zero-order chi connectivity index (χ0) is 37.1. The third kappa shape index (κ3) is 8.01. The summed E-state index contributed by atoms with van der Waals surface area (Å²) in [6.07, 6.45) is 2.24. The summed E-state index contributed by atoms with van der Waals surface area (Å²) < 4.78 is 7.58. The minimum Gasteiger partial charge on any atom is -0.443 e. The van der Waals surface area contributed by atoms with Crippen LogP contribution in [0.4, 0.5) is 0 Å². The number of nitrogens with zero attached hydrogens (tertiary/aromatic N) is 7. The average molecular weight is 727 g/mol. The van der Waals surface area contributed by atoms with Gasteiger partial charge < -0.3 is 25.3 Å². The van der Waals surface area contributed by atoms with Crippen molar-refractivity contribution in [1.29, 1.82) is 0 Å². The number of carbonyl (C=O) groups is 4. The predicted octanol–water partition coefficient (Wildman–Crippen LogP) is 3.61. The van der Waals surface area contributed by atoms with E-state index in [1.54, 1.807) is 23.7 Å². The second-order valence-corrected chi connectivity index (χ2v) is 14.3. The Morgan fingerprint density at radius 2 is 1.79 bits per heavy atom. The molecule has 0 fully saturated rings. The number of hydrogen-bond acceptors (Lipinski definition) is 11. The zero-order valence-corrected chi connectivity index (χ0v) is 30.8. The van der Waals surface area contributed by atoms with Crippen molar-refractivity contribution in [3.05, 3.63) is 92.6 Å². The maximum Gasteiger partial charge on any atom is 0.274 e. The molecule has 0 saturated carbocycles. The molecule has 15 nitrogen and oxygen atoms in total. The normalized spacial score (nSPS) is 18.9. The third-order valence-corrected chi connectivity index (χ3v) is 10.1. The molecule has 0 saturated heterocycles. The first-order valence-electron chi connectivity index (χ1n) is 17.2. The van der Waals surface area contributed by atoms with Gasteiger partial charge in [-0.1, -0.05) is 44.2 Å². The van der Waals surface area contributed by atoms with E-state index in [1.807, 2.05) is 58.0 Å². The molecule has 6 rings (SSSR count). The SMILES string of the molecule is Cc1nc2ncnn2c(C)c1CCC(=O)N1CC(=O)N[C@@H](C(C)C)c2nc(c(C)o2)C(=O)N[C@H](C)c2nc(cs2)C(=O)N[C@H](Cc2ccccc2)C1. The van der Waals surface area contributed by atoms with E-state index in [0.29, 0.717) is 29.4 Å². The molecule has 0 unspecified atom stereocenters. The molecule has 3 N–H and O–H groups in total. The summed E-state index contributed by atoms with van der Waals surface area (Å²) in [4.78, 5) is 74.2. The molecule has 4 amide bonds. The highest BCUT2D eigenvalue weighted by atomic mass is 32.1. The number of fused-ring (bicyclic) bond motifs is 5. The fourth-order valence-corrected chi connectivity index (χ4v) is 7.14. The number of nitrogens with one attached hydrogen (secondary N) is 3. The van der Waals surface area contributed by atoms with Crippen molar-refractivity contribution < 1.29 is 23.6 Å². The van der Waals surface area contributed by atoms with E-state index in [1.165, 1.54) is 22.6 Å². The van der Waals surface area contributed by atoms with Gasteiger partial charge >= 0.3 is 0 Å². The second kappa shape index (κ2) is 15.4. The van der Waals surface area contributed by atoms with E-state index in [9.17, 15) is 19.2 Å². The zero-order valence-electron chi connectivity index (χ0n) is 30.0. The maximum atomic E-state index is 14.2. The Hall–Kier alpha value is -5.51. The summed E-state index contributed by atoms with van der Waals surface area (Å²) in [7, 11) is 0. The number of rotatable bonds is 6. The van der Waals surface area contributed by atoms with Gasteiger partial charge in [0.25, 0.3) is 17.6 Å². The number of carbonyl (C=O) groups excluding carboxylic acids is 4. The molecular weight excluding hydrogens is 685 g/mol. The number of benzene rings is 1. The van der Waals surface area contributed by atoms with Gasteiger partial charge in [0.2, 0.25) is 17.7 Å². The van der Waals surface area contributed by atoms with Crippen molar-refractivity contribution in [3.8, 4) is 0 Å². The summed E-state index contributed by atoms with van der Waals surface area (Å²) in [5.41, 5.74) is 3.63. The smallest absolute Gasteiger partial charge is 0.274 e. The van der Waals surface area contributed by atoms with Crippen LogP contribution in [-0.2, 0) is 22.4 Å². The Bertz CT molecular complexity index is 2110. The van der Waals surface area contributed by atoms with Crippen LogP contribution in [0.1, 0.15) is 99.4 Å². The van der Waals surface area contributed by atoms with Crippen LogP contribution in [0.25, 0.3) is 5.78 Å². The van der Waals surface area contributed by atoms with E-state index in [4.69, 9.17) is 4.42 Å². The van der Waals surface area contributed by atoms with E-state index in [-0.39, 0.29) is 48.6 Å². The topological polar surface area (TPSA) is 190 Å². The molecule has 1 aliphatic rings. The van der Waals surface area contributed by atoms with Crippen LogP contribution in [0.5, 0.6) is 0 Å². The van der Waals surface area contributed by atoms with Crippen molar-refractivity contribution in [2.45, 2.75) is 78.9 Å². The van der Waals surface area contributed by atoms with Crippen molar-refractivity contribution >= 4 is 40.7 Å². The Morgan fingerprint density at radius 3 is 2.54 bits per heavy atom. The van der Waals surface area contributed by atoms with Crippen LogP contribution in [0.3, 0.4) is 0 Å². The first-order chi connectivity index (χ1) is 24.9. The average Bonchev–Trinajstić information content (AvgIpc) is 3.87. The summed E-state index contributed by atoms with van der Waals surface area (Å²) in [5.74, 6) is -0.858. The van der Waals surface area contributed by atoms with Gasteiger partial charge in [-0.2, -0.15) is 10.1 Å². The molecule has 5 heterocycles. The van der Waals surface area contributed by atoms with E-state index >= 15 is 0 Å². The quantitative estimate of drug-likeness (QED) is 0.233. The lowest BCUT2D eigenvalue weighted by atomic mass is 10.0. The van der Waals surface area contributed by atoms with Gasteiger partial charge in [-0.15, -0.1) is 11.3 Å². The van der Waals surface area contributed by atoms with Gasteiger partial charge in [0.1, 0.15) is 28.8 Å². The highest BCUT2D eigenvalue weighted by Crippen LogP contribution is 2.25. The molecule has 1 aromatic carbocycles. The molecule has 4 bridgehead atoms. The van der Waals surface area contributed by atoms with Crippen LogP contribution in [0.2, 0.25) is 0 Å². The summed E-state index contributed by atoms with van der Waals surface area (Å²) in [5, 5.41) is 15.4. The van der Waals surface area contributed by atoms with Crippen LogP contribution < -0.4 is 16.0 Å². The Kier molecular flexibility index (Phi) is 10.7. The molecule has 0 radical (unpaired) electrons. The largest absolute Gasteiger partial charge is 0.443 e. The lowest BCUT2D eigenvalue weighted by molar-refractivity contribution is -0.136. The number of aromatic nitrogens is 6. The monoisotopic (exact) mass is 726 g/mol. The van der Waals surface area contributed by atoms with Crippen molar-refractivity contribution in [2.75, 3.05) is 13.1 Å². The third-order valence-electron chi connectivity index (χ3n) is 9.12. The molecular formula is C36H42N10O5S. The Morgan fingerprint density at radius 1 is 1.02 bits per heavy atom. The lowest BCUT2D eigenvalue weighted by Gasteiger charge is -2.29. The lowest BCUT2D eigenvalue weighted by Crippen LogP contribution is -2.50. The second-order valence-electron chi connectivity index (χ2n) is 13.4. The fourth-order valence-electron chi connectivity index (χ4n) is 6.33. The number of hydrogen-bond donors (Lipinski definition) is 3. The van der Waals surface area contributed by atoms with Crippen molar-refractivity contribution in [3.63, 3.8) is 0 Å². The van der Waals surface area contributed by atoms with Crippen LogP contribution in [0, 0.1) is 26.7 Å².